The third-order valence-corrected chi connectivity index (χ3v) is 2.84. The average Bonchev–Trinajstić information content (AvgIpc) is 2.49. The molecular formula is C14H15N3O7. The number of nitrogens with zero attached hydrogens (tertiary/aromatic N) is 1. The van der Waals surface area contributed by atoms with Gasteiger partial charge in [0.05, 0.1) is 0 Å². The summed E-state index contributed by atoms with van der Waals surface area (Å²) in [5.41, 5.74) is 4.23. The third-order valence-electron chi connectivity index (χ3n) is 2.84. The van der Waals surface area contributed by atoms with Crippen LogP contribution in [0.4, 0.5) is 0 Å². The number of primary amides is 1. The number of nitrogens with one attached hydrogen (secondary N) is 1. The quantitative estimate of drug-likeness (QED) is 0.406. The van der Waals surface area contributed by atoms with Gasteiger partial charge in [-0.1, -0.05) is 0 Å². The third kappa shape index (κ3) is 5.75. The summed E-state index contributed by atoms with van der Waals surface area (Å²) in [6.07, 6.45) is 2.35. The van der Waals surface area contributed by atoms with E-state index in [0.29, 0.717) is 0 Å². The molecule has 1 unspecified atom stereocenters. The number of rotatable bonds is 9. The molecule has 0 bridgehead atoms. The van der Waals surface area contributed by atoms with E-state index in [0.717, 1.165) is 12.1 Å². The number of carboxylic acids is 3. The van der Waals surface area contributed by atoms with Gasteiger partial charge in [0.15, 0.2) is 0 Å². The van der Waals surface area contributed by atoms with E-state index in [1.165, 1.54) is 12.3 Å². The first-order valence-electron chi connectivity index (χ1n) is 6.63. The van der Waals surface area contributed by atoms with Gasteiger partial charge in [0.1, 0.15) is 17.4 Å². The van der Waals surface area contributed by atoms with Crippen LogP contribution in [0.5, 0.6) is 0 Å². The molecule has 10 nitrogen and oxygen atoms in total. The smallest absolute Gasteiger partial charge is 0.354 e. The van der Waals surface area contributed by atoms with Gasteiger partial charge in [-0.05, 0) is 36.4 Å². The molecule has 24 heavy (non-hydrogen) atoms. The first-order chi connectivity index (χ1) is 11.2. The minimum Gasteiger partial charge on any atom is -0.480 e. The van der Waals surface area contributed by atoms with Gasteiger partial charge in [0, 0.05) is 6.42 Å². The van der Waals surface area contributed by atoms with Crippen LogP contribution in [-0.4, -0.2) is 50.2 Å². The van der Waals surface area contributed by atoms with E-state index in [9.17, 15) is 19.2 Å². The molecule has 0 saturated carbocycles. The number of aromatic nitrogens is 1. The highest BCUT2D eigenvalue weighted by Crippen LogP contribution is 2.09. The Hall–Kier alpha value is -3.43. The van der Waals surface area contributed by atoms with Crippen LogP contribution < -0.4 is 11.1 Å². The van der Waals surface area contributed by atoms with Gasteiger partial charge in [0.25, 0.3) is 0 Å². The SMILES string of the molecule is NC(=O)CCC(NC=Cc1cc(C(=O)O)nc(C(=O)O)c1)C(=O)O. The Bertz CT molecular complexity index is 667. The monoisotopic (exact) mass is 337 g/mol. The van der Waals surface area contributed by atoms with Crippen LogP contribution >= 0.6 is 0 Å². The van der Waals surface area contributed by atoms with Gasteiger partial charge in [-0.3, -0.25) is 4.79 Å². The predicted octanol–water partition coefficient (Wildman–Crippen LogP) is -0.243. The fourth-order valence-electron chi connectivity index (χ4n) is 1.69. The van der Waals surface area contributed by atoms with Crippen LogP contribution in [0.25, 0.3) is 6.08 Å². The van der Waals surface area contributed by atoms with Crippen LogP contribution in [0.15, 0.2) is 18.3 Å². The van der Waals surface area contributed by atoms with E-state index < -0.39 is 41.2 Å². The van der Waals surface area contributed by atoms with E-state index in [2.05, 4.69) is 10.3 Å². The molecule has 0 aliphatic rings. The lowest BCUT2D eigenvalue weighted by Crippen LogP contribution is -2.34. The molecule has 1 aromatic heterocycles. The van der Waals surface area contributed by atoms with Gasteiger partial charge in [0.2, 0.25) is 5.91 Å². The van der Waals surface area contributed by atoms with E-state index >= 15 is 0 Å². The summed E-state index contributed by atoms with van der Waals surface area (Å²) < 4.78 is 0. The zero-order valence-corrected chi connectivity index (χ0v) is 12.3. The highest BCUT2D eigenvalue weighted by Gasteiger charge is 2.16. The van der Waals surface area contributed by atoms with E-state index in [1.54, 1.807) is 0 Å². The summed E-state index contributed by atoms with van der Waals surface area (Å²) in [5.74, 6) is -4.64. The molecule has 10 heteroatoms. The molecule has 1 aromatic rings. The molecule has 128 valence electrons. The van der Waals surface area contributed by atoms with Gasteiger partial charge < -0.3 is 26.4 Å². The van der Waals surface area contributed by atoms with Crippen molar-refractivity contribution < 1.29 is 34.5 Å². The Morgan fingerprint density at radius 2 is 1.67 bits per heavy atom. The van der Waals surface area contributed by atoms with Crippen LogP contribution in [0.1, 0.15) is 39.4 Å². The second-order valence-electron chi connectivity index (χ2n) is 4.68. The molecule has 0 aliphatic heterocycles. The number of aromatic carboxylic acids is 2. The fourth-order valence-corrected chi connectivity index (χ4v) is 1.69. The molecule has 0 aromatic carbocycles. The van der Waals surface area contributed by atoms with Crippen molar-refractivity contribution in [1.29, 1.82) is 0 Å². The standard InChI is InChI=1S/C14H15N3O7/c15-11(18)2-1-8(12(19)20)16-4-3-7-5-9(13(21)22)17-10(6-7)14(23)24/h3-6,8,16H,1-2H2,(H2,15,18)(H,19,20)(H,21,22)(H,23,24). The Morgan fingerprint density at radius 3 is 2.08 bits per heavy atom. The number of carbonyl (C=O) groups is 4. The molecule has 0 fully saturated rings. The van der Waals surface area contributed by atoms with Crippen LogP contribution in [0.3, 0.4) is 0 Å². The zero-order chi connectivity index (χ0) is 18.3. The molecule has 0 aliphatic carbocycles. The van der Waals surface area contributed by atoms with Crippen molar-refractivity contribution in [3.63, 3.8) is 0 Å². The van der Waals surface area contributed by atoms with Crippen molar-refractivity contribution in [3.05, 3.63) is 35.3 Å². The largest absolute Gasteiger partial charge is 0.480 e. The van der Waals surface area contributed by atoms with Crippen LogP contribution in [-0.2, 0) is 9.59 Å². The topological polar surface area (TPSA) is 180 Å². The lowest BCUT2D eigenvalue weighted by atomic mass is 10.1. The minimum absolute atomic E-state index is 0.0356. The maximum Gasteiger partial charge on any atom is 0.354 e. The Kier molecular flexibility index (Phi) is 6.41. The number of pyridine rings is 1. The molecule has 1 atom stereocenters. The van der Waals surface area contributed by atoms with Crippen LogP contribution in [0, 0.1) is 0 Å². The van der Waals surface area contributed by atoms with Crippen molar-refractivity contribution in [1.82, 2.24) is 10.3 Å². The van der Waals surface area contributed by atoms with E-state index in [-0.39, 0.29) is 18.4 Å². The summed E-state index contributed by atoms with van der Waals surface area (Å²) in [5, 5.41) is 29.3. The molecule has 1 amide bonds. The Morgan fingerprint density at radius 1 is 1.12 bits per heavy atom. The minimum atomic E-state index is -1.40. The van der Waals surface area contributed by atoms with Gasteiger partial charge in [-0.25, -0.2) is 19.4 Å². The zero-order valence-electron chi connectivity index (χ0n) is 12.3. The molecule has 0 radical (unpaired) electrons. The average molecular weight is 337 g/mol. The van der Waals surface area contributed by atoms with E-state index in [4.69, 9.17) is 21.1 Å². The van der Waals surface area contributed by atoms with Crippen molar-refractivity contribution in [2.24, 2.45) is 5.73 Å². The second kappa shape index (κ2) is 8.27. The summed E-state index contributed by atoms with van der Waals surface area (Å²) in [4.78, 5) is 47.0. The Balaban J connectivity index is 2.91. The number of carbonyl (C=O) groups excluding carboxylic acids is 1. The first kappa shape index (κ1) is 18.6. The first-order valence-corrected chi connectivity index (χ1v) is 6.63. The molecule has 6 N–H and O–H groups in total. The number of carboxylic acid groups (broad SMARTS) is 3. The van der Waals surface area contributed by atoms with E-state index in [1.807, 2.05) is 0 Å². The number of amides is 1. The summed E-state index contributed by atoms with van der Waals surface area (Å²) in [6.45, 7) is 0. The second-order valence-corrected chi connectivity index (χ2v) is 4.68. The van der Waals surface area contributed by atoms with Gasteiger partial charge in [-0.2, -0.15) is 0 Å². The Labute approximate surface area is 135 Å². The maximum atomic E-state index is 11.0. The lowest BCUT2D eigenvalue weighted by molar-refractivity contribution is -0.139. The molecule has 0 spiro atoms. The highest BCUT2D eigenvalue weighted by molar-refractivity contribution is 5.91. The predicted molar refractivity (Wildman–Crippen MR) is 80.2 cm³/mol. The normalized spacial score (nSPS) is 11.8. The molecular weight excluding hydrogens is 322 g/mol. The van der Waals surface area contributed by atoms with Crippen molar-refractivity contribution in [2.75, 3.05) is 0 Å². The van der Waals surface area contributed by atoms with Crippen LogP contribution in [0.2, 0.25) is 0 Å². The van der Waals surface area contributed by atoms with Gasteiger partial charge >= 0.3 is 17.9 Å². The summed E-state index contributed by atoms with van der Waals surface area (Å²) in [6, 6.07) is 1.19. The maximum absolute atomic E-state index is 11.0. The highest BCUT2D eigenvalue weighted by atomic mass is 16.4. The number of aliphatic carboxylic acids is 1. The number of hydrogen-bond acceptors (Lipinski definition) is 6. The van der Waals surface area contributed by atoms with Crippen molar-refractivity contribution in [3.8, 4) is 0 Å². The molecule has 1 heterocycles. The van der Waals surface area contributed by atoms with Gasteiger partial charge in [-0.15, -0.1) is 0 Å². The summed E-state index contributed by atoms with van der Waals surface area (Å²) in [7, 11) is 0. The fraction of sp³-hybridized carbons (Fsp3) is 0.214. The summed E-state index contributed by atoms with van der Waals surface area (Å²) >= 11 is 0. The number of hydrogen-bond donors (Lipinski definition) is 5. The molecule has 1 rings (SSSR count). The molecule has 0 saturated heterocycles. The van der Waals surface area contributed by atoms with Crippen molar-refractivity contribution >= 4 is 29.9 Å². The number of nitrogens with two attached hydrogens (primary N) is 1. The lowest BCUT2D eigenvalue weighted by Gasteiger charge is -2.11. The van der Waals surface area contributed by atoms with Crippen molar-refractivity contribution in [2.45, 2.75) is 18.9 Å².